The molecule has 1 aromatic heterocycles. The van der Waals surface area contributed by atoms with Gasteiger partial charge in [-0.2, -0.15) is 0 Å². The normalized spacial score (nSPS) is 11.0. The Morgan fingerprint density at radius 2 is 1.96 bits per heavy atom. The van der Waals surface area contributed by atoms with Crippen LogP contribution in [-0.4, -0.2) is 28.8 Å². The van der Waals surface area contributed by atoms with Crippen LogP contribution in [0.1, 0.15) is 28.0 Å². The van der Waals surface area contributed by atoms with Crippen LogP contribution in [0.25, 0.3) is 10.9 Å². The average Bonchev–Trinajstić information content (AvgIpc) is 2.87. The van der Waals surface area contributed by atoms with Crippen LogP contribution in [0.2, 0.25) is 0 Å². The van der Waals surface area contributed by atoms with Crippen molar-refractivity contribution in [2.45, 2.75) is 19.9 Å². The van der Waals surface area contributed by atoms with Crippen LogP contribution in [-0.2, 0) is 6.54 Å². The summed E-state index contributed by atoms with van der Waals surface area (Å²) in [6.07, 6.45) is 0.762. The van der Waals surface area contributed by atoms with Gasteiger partial charge in [0.05, 0.1) is 12.2 Å². The Labute approximate surface area is 146 Å². The topological polar surface area (TPSA) is 77.5 Å². The Morgan fingerprint density at radius 3 is 2.64 bits per heavy atom. The van der Waals surface area contributed by atoms with Gasteiger partial charge in [-0.1, -0.05) is 30.3 Å². The number of hydrogen-bond donors (Lipinski definition) is 2. The van der Waals surface area contributed by atoms with Crippen LogP contribution in [0.4, 0.5) is 0 Å². The molecular formula is C20H22N2O3. The van der Waals surface area contributed by atoms with Gasteiger partial charge in [0.1, 0.15) is 5.75 Å². The maximum Gasteiger partial charge on any atom is 0.338 e. The van der Waals surface area contributed by atoms with Gasteiger partial charge in [0.15, 0.2) is 0 Å². The summed E-state index contributed by atoms with van der Waals surface area (Å²) in [6.45, 7) is 3.56. The van der Waals surface area contributed by atoms with E-state index < -0.39 is 5.97 Å². The molecule has 3 N–H and O–H groups in total. The molecule has 0 spiro atoms. The molecule has 2 aromatic carbocycles. The summed E-state index contributed by atoms with van der Waals surface area (Å²) in [6, 6.07) is 15.6. The number of carbonyl (C=O) groups is 1. The van der Waals surface area contributed by atoms with Gasteiger partial charge < -0.3 is 20.1 Å². The molecular weight excluding hydrogens is 316 g/mol. The maximum absolute atomic E-state index is 11.8. The van der Waals surface area contributed by atoms with Crippen LogP contribution in [0.5, 0.6) is 5.75 Å². The van der Waals surface area contributed by atoms with E-state index in [2.05, 4.69) is 0 Å². The van der Waals surface area contributed by atoms with Gasteiger partial charge in [0, 0.05) is 23.1 Å². The number of benzene rings is 2. The van der Waals surface area contributed by atoms with Crippen LogP contribution < -0.4 is 10.5 Å². The van der Waals surface area contributed by atoms with Crippen molar-refractivity contribution in [1.82, 2.24) is 4.57 Å². The van der Waals surface area contributed by atoms with Crippen LogP contribution in [0.3, 0.4) is 0 Å². The number of ether oxygens (including phenoxy) is 1. The second-order valence-corrected chi connectivity index (χ2v) is 6.01. The Balaban J connectivity index is 2.05. The highest BCUT2D eigenvalue weighted by Gasteiger charge is 2.20. The summed E-state index contributed by atoms with van der Waals surface area (Å²) in [5, 5.41) is 10.4. The number of carboxylic acid groups (broad SMARTS) is 1. The fraction of sp³-hybridized carbons (Fsp3) is 0.250. The minimum absolute atomic E-state index is 0.329. The van der Waals surface area contributed by atoms with Gasteiger partial charge in [-0.15, -0.1) is 0 Å². The fourth-order valence-corrected chi connectivity index (χ4v) is 3.06. The lowest BCUT2D eigenvalue weighted by molar-refractivity contribution is 0.0698. The zero-order valence-electron chi connectivity index (χ0n) is 14.2. The van der Waals surface area contributed by atoms with Crippen molar-refractivity contribution >= 4 is 16.9 Å². The summed E-state index contributed by atoms with van der Waals surface area (Å²) in [7, 11) is 0. The van der Waals surface area contributed by atoms with E-state index in [1.54, 1.807) is 0 Å². The van der Waals surface area contributed by atoms with Gasteiger partial charge in [-0.05, 0) is 43.7 Å². The van der Waals surface area contributed by atoms with E-state index in [1.165, 1.54) is 0 Å². The molecule has 0 atom stereocenters. The molecule has 0 aliphatic carbocycles. The lowest BCUT2D eigenvalue weighted by atomic mass is 10.1. The number of aromatic nitrogens is 1. The molecule has 0 aliphatic heterocycles. The number of rotatable bonds is 7. The molecule has 0 unspecified atom stereocenters. The first-order valence-electron chi connectivity index (χ1n) is 8.34. The Hall–Kier alpha value is -2.79. The van der Waals surface area contributed by atoms with Crippen molar-refractivity contribution in [3.8, 4) is 5.75 Å². The highest BCUT2D eigenvalue weighted by molar-refractivity contribution is 6.05. The van der Waals surface area contributed by atoms with Crippen molar-refractivity contribution in [3.05, 3.63) is 65.4 Å². The third-order valence-electron chi connectivity index (χ3n) is 4.31. The second-order valence-electron chi connectivity index (χ2n) is 6.01. The predicted molar refractivity (Wildman–Crippen MR) is 98.3 cm³/mol. The van der Waals surface area contributed by atoms with Crippen LogP contribution in [0.15, 0.2) is 48.5 Å². The van der Waals surface area contributed by atoms with Crippen molar-refractivity contribution < 1.29 is 14.6 Å². The molecule has 0 fully saturated rings. The smallest absolute Gasteiger partial charge is 0.338 e. The van der Waals surface area contributed by atoms with Crippen LogP contribution in [0, 0.1) is 6.92 Å². The maximum atomic E-state index is 11.8. The Kier molecular flexibility index (Phi) is 5.05. The summed E-state index contributed by atoms with van der Waals surface area (Å²) >= 11 is 0. The number of nitrogens with zero attached hydrogens (tertiary/aromatic N) is 1. The fourth-order valence-electron chi connectivity index (χ4n) is 3.06. The first-order chi connectivity index (χ1) is 12.1. The molecule has 0 radical (unpaired) electrons. The van der Waals surface area contributed by atoms with E-state index in [-0.39, 0.29) is 0 Å². The highest BCUT2D eigenvalue weighted by Crippen LogP contribution is 2.30. The SMILES string of the molecule is Cc1c(C(=O)O)c2cc(OCCCN)ccc2n1Cc1ccccc1. The standard InChI is InChI=1S/C20H22N2O3/c1-14-19(20(23)24)17-12-16(25-11-5-10-21)8-9-18(17)22(14)13-15-6-3-2-4-7-15/h2-4,6-9,12H,5,10-11,13,21H2,1H3,(H,23,24). The molecule has 0 aliphatic rings. The van der Waals surface area contributed by atoms with Crippen molar-refractivity contribution in [2.24, 2.45) is 5.73 Å². The predicted octanol–water partition coefficient (Wildman–Crippen LogP) is 3.42. The third kappa shape index (κ3) is 3.51. The largest absolute Gasteiger partial charge is 0.494 e. The van der Waals surface area contributed by atoms with E-state index in [9.17, 15) is 9.90 Å². The zero-order chi connectivity index (χ0) is 17.8. The summed E-state index contributed by atoms with van der Waals surface area (Å²) in [4.78, 5) is 11.8. The minimum atomic E-state index is -0.923. The number of hydrogen-bond acceptors (Lipinski definition) is 3. The lowest BCUT2D eigenvalue weighted by Gasteiger charge is -2.09. The minimum Gasteiger partial charge on any atom is -0.494 e. The summed E-state index contributed by atoms with van der Waals surface area (Å²) < 4.78 is 7.71. The quantitative estimate of drug-likeness (QED) is 0.647. The Morgan fingerprint density at radius 1 is 1.20 bits per heavy atom. The molecule has 0 saturated carbocycles. The number of fused-ring (bicyclic) bond motifs is 1. The molecule has 1 heterocycles. The number of nitrogens with two attached hydrogens (primary N) is 1. The monoisotopic (exact) mass is 338 g/mol. The van der Waals surface area contributed by atoms with E-state index in [0.29, 0.717) is 36.4 Å². The van der Waals surface area contributed by atoms with E-state index >= 15 is 0 Å². The second kappa shape index (κ2) is 7.40. The number of aromatic carboxylic acids is 1. The van der Waals surface area contributed by atoms with Gasteiger partial charge in [0.2, 0.25) is 0 Å². The molecule has 0 amide bonds. The molecule has 0 saturated heterocycles. The van der Waals surface area contributed by atoms with E-state index in [4.69, 9.17) is 10.5 Å². The average molecular weight is 338 g/mol. The molecule has 5 nitrogen and oxygen atoms in total. The van der Waals surface area contributed by atoms with E-state index in [1.807, 2.05) is 60.0 Å². The zero-order valence-corrected chi connectivity index (χ0v) is 14.2. The van der Waals surface area contributed by atoms with Gasteiger partial charge in [0.25, 0.3) is 0 Å². The van der Waals surface area contributed by atoms with Crippen molar-refractivity contribution in [2.75, 3.05) is 13.2 Å². The molecule has 25 heavy (non-hydrogen) atoms. The summed E-state index contributed by atoms with van der Waals surface area (Å²) in [5.41, 5.74) is 8.57. The van der Waals surface area contributed by atoms with Crippen molar-refractivity contribution in [1.29, 1.82) is 0 Å². The van der Waals surface area contributed by atoms with Crippen LogP contribution >= 0.6 is 0 Å². The van der Waals surface area contributed by atoms with Gasteiger partial charge in [-0.25, -0.2) is 4.79 Å². The van der Waals surface area contributed by atoms with E-state index in [0.717, 1.165) is 23.2 Å². The van der Waals surface area contributed by atoms with Gasteiger partial charge in [-0.3, -0.25) is 0 Å². The van der Waals surface area contributed by atoms with Gasteiger partial charge >= 0.3 is 5.97 Å². The third-order valence-corrected chi connectivity index (χ3v) is 4.31. The molecule has 0 bridgehead atoms. The highest BCUT2D eigenvalue weighted by atomic mass is 16.5. The molecule has 3 aromatic rings. The molecule has 130 valence electrons. The molecule has 5 heteroatoms. The lowest BCUT2D eigenvalue weighted by Crippen LogP contribution is -2.06. The first-order valence-corrected chi connectivity index (χ1v) is 8.34. The summed E-state index contributed by atoms with van der Waals surface area (Å²) in [5.74, 6) is -0.256. The first kappa shape index (κ1) is 17.0. The molecule has 3 rings (SSSR count). The van der Waals surface area contributed by atoms with Crippen molar-refractivity contribution in [3.63, 3.8) is 0 Å². The Bertz CT molecular complexity index is 885. The number of carboxylic acids is 1.